The monoisotopic (exact) mass is 512 g/mol. The molecule has 2 rings (SSSR count). The van der Waals surface area contributed by atoms with Crippen molar-refractivity contribution in [3.63, 3.8) is 0 Å². The molecule has 0 atom stereocenters. The second-order valence-corrected chi connectivity index (χ2v) is 7.83. The van der Waals surface area contributed by atoms with Crippen molar-refractivity contribution in [1.29, 1.82) is 0 Å². The summed E-state index contributed by atoms with van der Waals surface area (Å²) in [7, 11) is 0. The number of hydrogen-bond donors (Lipinski definition) is 0. The predicted molar refractivity (Wildman–Crippen MR) is 113 cm³/mol. The Bertz CT molecular complexity index is 782. The van der Waals surface area contributed by atoms with Crippen molar-refractivity contribution in [2.24, 2.45) is 0 Å². The first-order valence-electron chi connectivity index (χ1n) is 6.80. The zero-order valence-corrected chi connectivity index (χ0v) is 18.6. The van der Waals surface area contributed by atoms with Crippen LogP contribution in [0.5, 0.6) is 11.5 Å². The van der Waals surface area contributed by atoms with Crippen molar-refractivity contribution in [3.8, 4) is 11.5 Å². The lowest BCUT2D eigenvalue weighted by Crippen LogP contribution is -1.99. The van der Waals surface area contributed by atoms with Crippen LogP contribution in [0.2, 0.25) is 40.2 Å². The van der Waals surface area contributed by atoms with Gasteiger partial charge in [-0.05, 0) is 24.3 Å². The highest BCUT2D eigenvalue weighted by Crippen LogP contribution is 2.43. The van der Waals surface area contributed by atoms with Crippen LogP contribution in [0.4, 0.5) is 0 Å². The molecule has 0 amide bonds. The van der Waals surface area contributed by atoms with Gasteiger partial charge in [-0.15, -0.1) is 0 Å². The van der Waals surface area contributed by atoms with Gasteiger partial charge >= 0.3 is 0 Å². The van der Waals surface area contributed by atoms with Gasteiger partial charge < -0.3 is 9.47 Å². The van der Waals surface area contributed by atoms with E-state index in [2.05, 4.69) is 0 Å². The summed E-state index contributed by atoms with van der Waals surface area (Å²) in [5, 5.41) is 1.62. The maximum atomic E-state index is 6.06. The van der Waals surface area contributed by atoms with Gasteiger partial charge in [0, 0.05) is 0 Å². The van der Waals surface area contributed by atoms with Gasteiger partial charge in [-0.25, -0.2) is 0 Å². The van der Waals surface area contributed by atoms with Gasteiger partial charge in [0.2, 0.25) is 0 Å². The summed E-state index contributed by atoms with van der Waals surface area (Å²) in [6.07, 6.45) is 3.38. The molecule has 0 aromatic heterocycles. The molecule has 2 nitrogen and oxygen atoms in total. The van der Waals surface area contributed by atoms with E-state index in [0.717, 1.165) is 0 Å². The summed E-state index contributed by atoms with van der Waals surface area (Å²) >= 11 is 47.8. The minimum Gasteiger partial charge on any atom is -0.486 e. The third-order valence-corrected chi connectivity index (χ3v) is 6.01. The molecule has 0 aliphatic rings. The molecule has 0 heterocycles. The Morgan fingerprint density at radius 1 is 0.538 bits per heavy atom. The highest BCUT2D eigenvalue weighted by Gasteiger charge is 2.15. The Balaban J connectivity index is 1.94. The Labute approximate surface area is 190 Å². The molecule has 0 fully saturated rings. The summed E-state index contributed by atoms with van der Waals surface area (Å²) in [5.41, 5.74) is 0. The number of rotatable bonds is 6. The normalized spacial score (nSPS) is 11.2. The summed E-state index contributed by atoms with van der Waals surface area (Å²) in [5.74, 6) is 0.479. The van der Waals surface area contributed by atoms with Crippen LogP contribution in [0.15, 0.2) is 24.3 Å². The van der Waals surface area contributed by atoms with Crippen molar-refractivity contribution >= 4 is 92.8 Å². The molecule has 0 bridgehead atoms. The molecule has 0 unspecified atom stereocenters. The van der Waals surface area contributed by atoms with E-state index in [1.807, 2.05) is 0 Å². The number of benzene rings is 2. The van der Waals surface area contributed by atoms with Gasteiger partial charge in [0.1, 0.15) is 23.3 Å². The fraction of sp³-hybridized carbons (Fsp3) is 0.125. The Kier molecular flexibility index (Phi) is 8.65. The first-order chi connectivity index (χ1) is 12.2. The van der Waals surface area contributed by atoms with E-state index in [1.54, 1.807) is 12.2 Å². The molecule has 0 saturated heterocycles. The fourth-order valence-corrected chi connectivity index (χ4v) is 3.79. The van der Waals surface area contributed by atoms with E-state index < -0.39 is 0 Å². The third kappa shape index (κ3) is 5.33. The molecule has 26 heavy (non-hydrogen) atoms. The van der Waals surface area contributed by atoms with Crippen LogP contribution in [0.25, 0.3) is 0 Å². The molecule has 0 N–H and O–H groups in total. The molecular weight excluding hydrogens is 508 g/mol. The molecule has 140 valence electrons. The average Bonchev–Trinajstić information content (AvgIpc) is 2.59. The lowest BCUT2D eigenvalue weighted by molar-refractivity contribution is 0.350. The lowest BCUT2D eigenvalue weighted by atomic mass is 10.3. The Morgan fingerprint density at radius 2 is 0.885 bits per heavy atom. The molecule has 2 aromatic carbocycles. The Morgan fingerprint density at radius 3 is 1.23 bits per heavy atom. The van der Waals surface area contributed by atoms with Crippen LogP contribution in [0, 0.1) is 0 Å². The van der Waals surface area contributed by atoms with Crippen LogP contribution in [0.3, 0.4) is 0 Å². The lowest BCUT2D eigenvalue weighted by Gasteiger charge is -2.11. The summed E-state index contributed by atoms with van der Waals surface area (Å²) in [6.45, 7) is 0.340. The first-order valence-corrected chi connectivity index (χ1v) is 9.83. The zero-order valence-electron chi connectivity index (χ0n) is 12.6. The minimum atomic E-state index is 0.142. The van der Waals surface area contributed by atoms with E-state index in [4.69, 9.17) is 102 Å². The average molecular weight is 516 g/mol. The SMILES string of the molecule is Clc1cc(Cl)c(OC/C=C/COc2c(Cl)cc(Cl)c(Cl)c2Cl)c(Cl)c1Cl. The van der Waals surface area contributed by atoms with Gasteiger partial charge in [0.25, 0.3) is 0 Å². The largest absolute Gasteiger partial charge is 0.486 e. The van der Waals surface area contributed by atoms with Crippen molar-refractivity contribution in [2.45, 2.75) is 0 Å². The van der Waals surface area contributed by atoms with E-state index >= 15 is 0 Å². The third-order valence-electron chi connectivity index (χ3n) is 2.96. The highest BCUT2D eigenvalue weighted by molar-refractivity contribution is 6.51. The maximum absolute atomic E-state index is 6.06. The quantitative estimate of drug-likeness (QED) is 0.217. The number of halogens is 8. The second kappa shape index (κ2) is 10.0. The van der Waals surface area contributed by atoms with Crippen molar-refractivity contribution in [1.82, 2.24) is 0 Å². The molecule has 0 aliphatic carbocycles. The molecule has 0 radical (unpaired) electrons. The predicted octanol–water partition coefficient (Wildman–Crippen LogP) is 8.93. The van der Waals surface area contributed by atoms with E-state index in [-0.39, 0.29) is 64.9 Å². The molecule has 0 saturated carbocycles. The van der Waals surface area contributed by atoms with Crippen molar-refractivity contribution in [2.75, 3.05) is 13.2 Å². The summed E-state index contributed by atoms with van der Waals surface area (Å²) < 4.78 is 11.0. The van der Waals surface area contributed by atoms with E-state index in [0.29, 0.717) is 0 Å². The van der Waals surface area contributed by atoms with Crippen molar-refractivity contribution < 1.29 is 9.47 Å². The van der Waals surface area contributed by atoms with Crippen molar-refractivity contribution in [3.05, 3.63) is 64.5 Å². The van der Waals surface area contributed by atoms with Gasteiger partial charge in [-0.2, -0.15) is 0 Å². The zero-order chi connectivity index (χ0) is 19.4. The van der Waals surface area contributed by atoms with Gasteiger partial charge in [0.05, 0.1) is 30.1 Å². The smallest absolute Gasteiger partial charge is 0.158 e. The van der Waals surface area contributed by atoms with Crippen LogP contribution < -0.4 is 9.47 Å². The second-order valence-electron chi connectivity index (χ2n) is 4.69. The number of ether oxygens (including phenoxy) is 2. The van der Waals surface area contributed by atoms with E-state index in [9.17, 15) is 0 Å². The van der Waals surface area contributed by atoms with Gasteiger partial charge in [-0.1, -0.05) is 92.8 Å². The molecule has 0 aliphatic heterocycles. The van der Waals surface area contributed by atoms with Gasteiger partial charge in [-0.3, -0.25) is 0 Å². The molecule has 2 aromatic rings. The fourth-order valence-electron chi connectivity index (χ4n) is 1.76. The summed E-state index contributed by atoms with van der Waals surface area (Å²) in [6, 6.07) is 2.90. The van der Waals surface area contributed by atoms with Gasteiger partial charge in [0.15, 0.2) is 11.5 Å². The van der Waals surface area contributed by atoms with E-state index in [1.165, 1.54) is 12.1 Å². The molecule has 10 heteroatoms. The van der Waals surface area contributed by atoms with Crippen LogP contribution in [-0.2, 0) is 0 Å². The first kappa shape index (κ1) is 22.4. The standard InChI is InChI=1S/C16H8Cl8O2/c17-7-5-9(19)15(13(23)11(7)21)25-3-1-2-4-26-16-10(20)6-8(18)12(22)14(16)24/h1-2,5-6H,3-4H2/b2-1+. The Hall–Kier alpha value is 0.1000. The topological polar surface area (TPSA) is 18.5 Å². The minimum absolute atomic E-state index is 0.142. The van der Waals surface area contributed by atoms with Crippen LogP contribution >= 0.6 is 92.8 Å². The number of hydrogen-bond acceptors (Lipinski definition) is 2. The summed E-state index contributed by atoms with van der Waals surface area (Å²) in [4.78, 5) is 0. The molecular formula is C16H8Cl8O2. The van der Waals surface area contributed by atoms with Crippen LogP contribution in [0.1, 0.15) is 0 Å². The highest BCUT2D eigenvalue weighted by atomic mass is 35.5. The van der Waals surface area contributed by atoms with Crippen LogP contribution in [-0.4, -0.2) is 13.2 Å². The molecule has 0 spiro atoms. The maximum Gasteiger partial charge on any atom is 0.158 e.